The number of rotatable bonds is 5. The van der Waals surface area contributed by atoms with E-state index in [-0.39, 0.29) is 5.97 Å². The first-order chi connectivity index (χ1) is 8.95. The minimum Gasteiger partial charge on any atom is -0.462 e. The van der Waals surface area contributed by atoms with Crippen LogP contribution in [0.5, 0.6) is 0 Å². The van der Waals surface area contributed by atoms with Crippen molar-refractivity contribution in [3.8, 4) is 0 Å². The first-order valence-corrected chi connectivity index (χ1v) is 15.0. The van der Waals surface area contributed by atoms with Gasteiger partial charge in [-0.2, -0.15) is 0 Å². The molecule has 0 N–H and O–H groups in total. The summed E-state index contributed by atoms with van der Waals surface area (Å²) in [5, 5.41) is 0. The standard InChI is InChI=1S/C12H26O5Si3/c1-11(2)12(13)14-9-8-10-20(7)16-18(3,4)15-19(5,6)17-20/h1,8-10H2,2-7H3. The zero-order chi connectivity index (χ0) is 15.6. The summed E-state index contributed by atoms with van der Waals surface area (Å²) in [7, 11) is -6.39. The summed E-state index contributed by atoms with van der Waals surface area (Å²) in [6, 6.07) is 0.812. The van der Waals surface area contributed by atoms with Crippen LogP contribution in [0.25, 0.3) is 0 Å². The summed E-state index contributed by atoms with van der Waals surface area (Å²) >= 11 is 0. The second kappa shape index (κ2) is 6.24. The normalized spacial score (nSPS) is 23.1. The van der Waals surface area contributed by atoms with Gasteiger partial charge in [0, 0.05) is 5.57 Å². The molecule has 5 nitrogen and oxygen atoms in total. The number of ether oxygens (including phenoxy) is 1. The van der Waals surface area contributed by atoms with Crippen molar-refractivity contribution in [3.63, 3.8) is 0 Å². The van der Waals surface area contributed by atoms with Crippen molar-refractivity contribution in [2.45, 2.75) is 52.1 Å². The van der Waals surface area contributed by atoms with Crippen molar-refractivity contribution in [1.82, 2.24) is 0 Å². The molecule has 1 fully saturated rings. The quantitative estimate of drug-likeness (QED) is 0.335. The van der Waals surface area contributed by atoms with Crippen LogP contribution in [0.1, 0.15) is 13.3 Å². The third kappa shape index (κ3) is 5.62. The highest BCUT2D eigenvalue weighted by Crippen LogP contribution is 2.33. The second-order valence-corrected chi connectivity index (χ2v) is 17.1. The zero-order valence-electron chi connectivity index (χ0n) is 13.4. The molecule has 0 aromatic carbocycles. The van der Waals surface area contributed by atoms with Crippen molar-refractivity contribution >= 4 is 31.7 Å². The fourth-order valence-electron chi connectivity index (χ4n) is 2.48. The van der Waals surface area contributed by atoms with Gasteiger partial charge >= 0.3 is 31.7 Å². The van der Waals surface area contributed by atoms with Crippen molar-refractivity contribution in [1.29, 1.82) is 0 Å². The summed E-state index contributed by atoms with van der Waals surface area (Å²) in [4.78, 5) is 11.3. The summed E-state index contributed by atoms with van der Waals surface area (Å²) < 4.78 is 23.4. The van der Waals surface area contributed by atoms with Crippen LogP contribution in [0.4, 0.5) is 0 Å². The van der Waals surface area contributed by atoms with E-state index in [9.17, 15) is 4.79 Å². The molecule has 0 atom stereocenters. The minimum absolute atomic E-state index is 0.338. The van der Waals surface area contributed by atoms with Gasteiger partial charge in [-0.25, -0.2) is 4.79 Å². The maximum atomic E-state index is 11.3. The molecule has 1 aliphatic rings. The van der Waals surface area contributed by atoms with Gasteiger partial charge in [-0.05, 0) is 52.1 Å². The summed E-state index contributed by atoms with van der Waals surface area (Å²) in [6.45, 7) is 15.9. The monoisotopic (exact) mass is 334 g/mol. The lowest BCUT2D eigenvalue weighted by Crippen LogP contribution is -2.65. The van der Waals surface area contributed by atoms with Crippen LogP contribution < -0.4 is 0 Å². The highest BCUT2D eigenvalue weighted by Gasteiger charge is 2.52. The number of carbonyl (C=O) groups excluding carboxylic acids is 1. The summed E-state index contributed by atoms with van der Waals surface area (Å²) in [5.74, 6) is -0.338. The van der Waals surface area contributed by atoms with Crippen LogP contribution in [0.15, 0.2) is 12.2 Å². The predicted octanol–water partition coefficient (Wildman–Crippen LogP) is 3.03. The zero-order valence-corrected chi connectivity index (χ0v) is 16.4. The van der Waals surface area contributed by atoms with Crippen LogP contribution in [0.3, 0.4) is 0 Å². The van der Waals surface area contributed by atoms with E-state index in [1.807, 2.05) is 0 Å². The van der Waals surface area contributed by atoms with Gasteiger partial charge < -0.3 is 17.1 Å². The molecular formula is C12H26O5Si3. The number of esters is 1. The van der Waals surface area contributed by atoms with Crippen molar-refractivity contribution in [3.05, 3.63) is 12.2 Å². The number of carbonyl (C=O) groups is 1. The number of hydrogen-bond donors (Lipinski definition) is 0. The molecule has 0 aromatic heterocycles. The molecule has 1 heterocycles. The van der Waals surface area contributed by atoms with Gasteiger partial charge in [-0.1, -0.05) is 6.58 Å². The summed E-state index contributed by atoms with van der Waals surface area (Å²) in [6.07, 6.45) is 0.747. The molecule has 1 rings (SSSR count). The van der Waals surface area contributed by atoms with Crippen LogP contribution in [0.2, 0.25) is 38.8 Å². The Balaban J connectivity index is 2.49. The topological polar surface area (TPSA) is 54.0 Å². The maximum absolute atomic E-state index is 11.3. The lowest BCUT2D eigenvalue weighted by atomic mass is 10.4. The molecule has 0 saturated carbocycles. The molecule has 116 valence electrons. The Morgan fingerprint density at radius 1 is 1.05 bits per heavy atom. The molecule has 0 unspecified atom stereocenters. The SMILES string of the molecule is C=C(C)C(=O)OCCC[Si]1(C)O[Si](C)(C)O[Si](C)(C)O1. The Morgan fingerprint density at radius 2 is 1.55 bits per heavy atom. The molecule has 20 heavy (non-hydrogen) atoms. The van der Waals surface area contributed by atoms with E-state index in [0.717, 1.165) is 12.5 Å². The van der Waals surface area contributed by atoms with Crippen LogP contribution in [-0.2, 0) is 21.9 Å². The first-order valence-electron chi connectivity index (χ1n) is 6.88. The van der Waals surface area contributed by atoms with Crippen molar-refractivity contribution < 1.29 is 21.9 Å². The third-order valence-electron chi connectivity index (χ3n) is 2.77. The molecule has 0 bridgehead atoms. The first kappa shape index (κ1) is 17.8. The molecular weight excluding hydrogens is 308 g/mol. The predicted molar refractivity (Wildman–Crippen MR) is 85.0 cm³/mol. The van der Waals surface area contributed by atoms with Gasteiger partial charge in [0.2, 0.25) is 0 Å². The van der Waals surface area contributed by atoms with Gasteiger partial charge in [0.1, 0.15) is 0 Å². The van der Waals surface area contributed by atoms with Gasteiger partial charge in [-0.3, -0.25) is 0 Å². The van der Waals surface area contributed by atoms with E-state index in [4.69, 9.17) is 17.1 Å². The second-order valence-electron chi connectivity index (χ2n) is 6.26. The molecule has 0 radical (unpaired) electrons. The van der Waals surface area contributed by atoms with Gasteiger partial charge in [0.05, 0.1) is 6.61 Å². The molecule has 0 aliphatic carbocycles. The fourth-order valence-corrected chi connectivity index (χ4v) is 18.8. The van der Waals surface area contributed by atoms with Gasteiger partial charge in [0.15, 0.2) is 0 Å². The lowest BCUT2D eigenvalue weighted by molar-refractivity contribution is -0.138. The van der Waals surface area contributed by atoms with Crippen LogP contribution >= 0.6 is 0 Å². The van der Waals surface area contributed by atoms with E-state index < -0.39 is 25.7 Å². The largest absolute Gasteiger partial charge is 0.462 e. The molecule has 1 saturated heterocycles. The van der Waals surface area contributed by atoms with Crippen LogP contribution in [-0.4, -0.2) is 38.3 Å². The average Bonchev–Trinajstić information content (AvgIpc) is 2.18. The van der Waals surface area contributed by atoms with Crippen molar-refractivity contribution in [2.75, 3.05) is 6.61 Å². The average molecular weight is 335 g/mol. The Hall–Kier alpha value is -0.259. The Morgan fingerprint density at radius 3 is 2.00 bits per heavy atom. The van der Waals surface area contributed by atoms with E-state index in [0.29, 0.717) is 12.2 Å². The molecule has 1 aliphatic heterocycles. The lowest BCUT2D eigenvalue weighted by Gasteiger charge is -2.47. The summed E-state index contributed by atoms with van der Waals surface area (Å²) in [5.41, 5.74) is 0.425. The minimum atomic E-state index is -2.22. The molecule has 8 heteroatoms. The van der Waals surface area contributed by atoms with E-state index in [1.165, 1.54) is 0 Å². The molecule has 0 aromatic rings. The number of hydrogen-bond acceptors (Lipinski definition) is 5. The smallest absolute Gasteiger partial charge is 0.333 e. The molecule has 0 spiro atoms. The van der Waals surface area contributed by atoms with Gasteiger partial charge in [0.25, 0.3) is 0 Å². The Kier molecular flexibility index (Phi) is 5.55. The molecule has 0 amide bonds. The highest BCUT2D eigenvalue weighted by atomic mass is 28.5. The Labute approximate surface area is 125 Å². The van der Waals surface area contributed by atoms with E-state index >= 15 is 0 Å². The van der Waals surface area contributed by atoms with Gasteiger partial charge in [-0.15, -0.1) is 0 Å². The van der Waals surface area contributed by atoms with Crippen molar-refractivity contribution in [2.24, 2.45) is 0 Å². The van der Waals surface area contributed by atoms with E-state index in [2.05, 4.69) is 39.3 Å². The third-order valence-corrected chi connectivity index (χ3v) is 15.4. The highest BCUT2D eigenvalue weighted by molar-refractivity contribution is 6.92. The van der Waals surface area contributed by atoms with E-state index in [1.54, 1.807) is 6.92 Å². The maximum Gasteiger partial charge on any atom is 0.333 e. The fraction of sp³-hybridized carbons (Fsp3) is 0.750. The Bertz CT molecular complexity index is 379. The van der Waals surface area contributed by atoms with Crippen LogP contribution in [0, 0.1) is 0 Å².